The second-order valence-electron chi connectivity index (χ2n) is 7.32. The number of halogens is 4. The van der Waals surface area contributed by atoms with Crippen LogP contribution in [0, 0.1) is 11.7 Å². The summed E-state index contributed by atoms with van der Waals surface area (Å²) in [5.74, 6) is -3.31. The number of nitrogens with one attached hydrogen (secondary N) is 1. The molecule has 1 aromatic rings. The van der Waals surface area contributed by atoms with Crippen molar-refractivity contribution >= 4 is 11.9 Å². The molecule has 0 fully saturated rings. The first kappa shape index (κ1) is 24.9. The fourth-order valence-electron chi connectivity index (χ4n) is 2.75. The molecule has 164 valence electrons. The van der Waals surface area contributed by atoms with E-state index in [1.807, 2.05) is 0 Å². The van der Waals surface area contributed by atoms with Crippen LogP contribution < -0.4 is 5.32 Å². The van der Waals surface area contributed by atoms with Gasteiger partial charge in [-0.25, -0.2) is 9.18 Å². The monoisotopic (exact) mass is 419 g/mol. The van der Waals surface area contributed by atoms with Crippen LogP contribution in [0.4, 0.5) is 17.6 Å². The van der Waals surface area contributed by atoms with Gasteiger partial charge in [0.15, 0.2) is 0 Å². The van der Waals surface area contributed by atoms with Gasteiger partial charge in [-0.1, -0.05) is 52.9 Å². The van der Waals surface area contributed by atoms with Crippen molar-refractivity contribution in [3.05, 3.63) is 35.1 Å². The molecule has 8 heteroatoms. The first-order valence-electron chi connectivity index (χ1n) is 9.92. The summed E-state index contributed by atoms with van der Waals surface area (Å²) in [4.78, 5) is 24.6. The van der Waals surface area contributed by atoms with Crippen molar-refractivity contribution in [3.63, 3.8) is 0 Å². The van der Waals surface area contributed by atoms with Gasteiger partial charge in [0.1, 0.15) is 11.9 Å². The summed E-state index contributed by atoms with van der Waals surface area (Å²) in [6.07, 6.45) is 1.34. The largest absolute Gasteiger partial charge is 0.464 e. The van der Waals surface area contributed by atoms with E-state index in [1.165, 1.54) is 6.42 Å². The van der Waals surface area contributed by atoms with Crippen molar-refractivity contribution in [1.29, 1.82) is 0 Å². The third-order valence-electron chi connectivity index (χ3n) is 4.49. The lowest BCUT2D eigenvalue weighted by molar-refractivity contribution is -0.147. The fraction of sp³-hybridized carbons (Fsp3) is 0.619. The summed E-state index contributed by atoms with van der Waals surface area (Å²) in [7, 11) is 0. The van der Waals surface area contributed by atoms with Gasteiger partial charge in [0.25, 0.3) is 5.91 Å². The molecule has 1 unspecified atom stereocenters. The first-order chi connectivity index (χ1) is 13.6. The fourth-order valence-corrected chi connectivity index (χ4v) is 2.75. The van der Waals surface area contributed by atoms with Crippen molar-refractivity contribution < 1.29 is 31.9 Å². The SMILES string of the molecule is CCCCCCCCOC(=O)C(NC(=O)c1ccc(C(F)(F)F)c(F)c1)C(C)C. The van der Waals surface area contributed by atoms with Crippen LogP contribution in [0.25, 0.3) is 0 Å². The molecule has 0 aliphatic rings. The second kappa shape index (κ2) is 11.8. The second-order valence-corrected chi connectivity index (χ2v) is 7.32. The van der Waals surface area contributed by atoms with Crippen LogP contribution in [-0.4, -0.2) is 24.5 Å². The Morgan fingerprint density at radius 1 is 1.07 bits per heavy atom. The maximum Gasteiger partial charge on any atom is 0.419 e. The quantitative estimate of drug-likeness (QED) is 0.293. The van der Waals surface area contributed by atoms with Crippen molar-refractivity contribution in [2.45, 2.75) is 71.5 Å². The molecule has 0 aliphatic carbocycles. The van der Waals surface area contributed by atoms with E-state index in [1.54, 1.807) is 13.8 Å². The molecule has 0 saturated carbocycles. The number of hydrogen-bond donors (Lipinski definition) is 1. The number of esters is 1. The number of ether oxygens (including phenoxy) is 1. The number of alkyl halides is 3. The molecule has 1 N–H and O–H groups in total. The maximum absolute atomic E-state index is 13.7. The van der Waals surface area contributed by atoms with Gasteiger partial charge in [-0.05, 0) is 30.5 Å². The van der Waals surface area contributed by atoms with Gasteiger partial charge in [-0.3, -0.25) is 4.79 Å². The summed E-state index contributed by atoms with van der Waals surface area (Å²) in [6.45, 7) is 5.76. The number of hydrogen-bond acceptors (Lipinski definition) is 3. The van der Waals surface area contributed by atoms with E-state index in [4.69, 9.17) is 4.74 Å². The molecule has 0 aromatic heterocycles. The highest BCUT2D eigenvalue weighted by atomic mass is 19.4. The molecule has 1 aromatic carbocycles. The van der Waals surface area contributed by atoms with Crippen LogP contribution in [0.15, 0.2) is 18.2 Å². The van der Waals surface area contributed by atoms with E-state index in [-0.39, 0.29) is 18.1 Å². The first-order valence-corrected chi connectivity index (χ1v) is 9.92. The minimum Gasteiger partial charge on any atom is -0.464 e. The highest BCUT2D eigenvalue weighted by molar-refractivity contribution is 5.96. The maximum atomic E-state index is 13.7. The zero-order valence-electron chi connectivity index (χ0n) is 17.1. The molecular formula is C21H29F4NO3. The topological polar surface area (TPSA) is 55.4 Å². The number of unbranched alkanes of at least 4 members (excludes halogenated alkanes) is 5. The molecule has 1 amide bonds. The Bertz CT molecular complexity index is 674. The Kier molecular flexibility index (Phi) is 10.1. The van der Waals surface area contributed by atoms with E-state index in [9.17, 15) is 27.2 Å². The molecular weight excluding hydrogens is 390 g/mol. The normalized spacial score (nSPS) is 12.7. The van der Waals surface area contributed by atoms with Gasteiger partial charge >= 0.3 is 12.1 Å². The van der Waals surface area contributed by atoms with E-state index in [0.29, 0.717) is 12.1 Å². The number of rotatable bonds is 11. The van der Waals surface area contributed by atoms with Crippen molar-refractivity contribution in [3.8, 4) is 0 Å². The van der Waals surface area contributed by atoms with Crippen LogP contribution >= 0.6 is 0 Å². The van der Waals surface area contributed by atoms with Gasteiger partial charge < -0.3 is 10.1 Å². The summed E-state index contributed by atoms with van der Waals surface area (Å²) in [5, 5.41) is 2.43. The highest BCUT2D eigenvalue weighted by Crippen LogP contribution is 2.31. The predicted octanol–water partition coefficient (Wildman–Crippen LogP) is 5.50. The highest BCUT2D eigenvalue weighted by Gasteiger charge is 2.34. The standard InChI is InChI=1S/C21H29F4NO3/c1-4-5-6-7-8-9-12-29-20(28)18(14(2)3)26-19(27)15-10-11-16(17(22)13-15)21(23,24)25/h10-11,13-14,18H,4-9,12H2,1-3H3,(H,26,27). The molecule has 1 rings (SSSR count). The van der Waals surface area contributed by atoms with Crippen molar-refractivity contribution in [2.75, 3.05) is 6.61 Å². The molecule has 0 aliphatic heterocycles. The molecule has 1 atom stereocenters. The minimum absolute atomic E-state index is 0.235. The Labute approximate surface area is 169 Å². The zero-order valence-corrected chi connectivity index (χ0v) is 17.1. The van der Waals surface area contributed by atoms with Crippen molar-refractivity contribution in [1.82, 2.24) is 5.32 Å². The van der Waals surface area contributed by atoms with Crippen LogP contribution in [-0.2, 0) is 15.7 Å². The summed E-state index contributed by atoms with van der Waals surface area (Å²) >= 11 is 0. The molecule has 0 saturated heterocycles. The Balaban J connectivity index is 2.63. The number of amides is 1. The van der Waals surface area contributed by atoms with Crippen molar-refractivity contribution in [2.24, 2.45) is 5.92 Å². The summed E-state index contributed by atoms with van der Waals surface area (Å²) in [5.41, 5.74) is -1.75. The lowest BCUT2D eigenvalue weighted by atomic mass is 10.0. The Morgan fingerprint density at radius 3 is 2.24 bits per heavy atom. The zero-order chi connectivity index (χ0) is 22.0. The number of carbonyl (C=O) groups is 2. The molecule has 29 heavy (non-hydrogen) atoms. The van der Waals surface area contributed by atoms with Gasteiger partial charge in [0.2, 0.25) is 0 Å². The minimum atomic E-state index is -4.85. The lowest BCUT2D eigenvalue weighted by Crippen LogP contribution is -2.45. The van der Waals surface area contributed by atoms with E-state index < -0.39 is 35.5 Å². The number of carbonyl (C=O) groups excluding carboxylic acids is 2. The molecule has 0 radical (unpaired) electrons. The van der Waals surface area contributed by atoms with Gasteiger partial charge in [-0.2, -0.15) is 13.2 Å². The molecule has 0 heterocycles. The van der Waals surface area contributed by atoms with Gasteiger partial charge in [-0.15, -0.1) is 0 Å². The average Bonchev–Trinajstić information content (AvgIpc) is 2.63. The van der Waals surface area contributed by atoms with Gasteiger partial charge in [0, 0.05) is 5.56 Å². The van der Waals surface area contributed by atoms with E-state index >= 15 is 0 Å². The third-order valence-corrected chi connectivity index (χ3v) is 4.49. The molecule has 0 bridgehead atoms. The van der Waals surface area contributed by atoms with Crippen LogP contribution in [0.5, 0.6) is 0 Å². The predicted molar refractivity (Wildman–Crippen MR) is 102 cm³/mol. The van der Waals surface area contributed by atoms with E-state index in [0.717, 1.165) is 38.2 Å². The lowest BCUT2D eigenvalue weighted by Gasteiger charge is -2.21. The van der Waals surface area contributed by atoms with Crippen LogP contribution in [0.3, 0.4) is 0 Å². The summed E-state index contributed by atoms with van der Waals surface area (Å²) in [6, 6.07) is 0.913. The molecule has 0 spiro atoms. The Morgan fingerprint density at radius 2 is 1.69 bits per heavy atom. The Hall–Kier alpha value is -2.12. The number of benzene rings is 1. The van der Waals surface area contributed by atoms with Crippen LogP contribution in [0.1, 0.15) is 75.2 Å². The molecule has 4 nitrogen and oxygen atoms in total. The van der Waals surface area contributed by atoms with Crippen LogP contribution in [0.2, 0.25) is 0 Å². The average molecular weight is 419 g/mol. The summed E-state index contributed by atoms with van der Waals surface area (Å²) < 4.78 is 56.8. The van der Waals surface area contributed by atoms with E-state index in [2.05, 4.69) is 12.2 Å². The third kappa shape index (κ3) is 8.41. The smallest absolute Gasteiger partial charge is 0.419 e. The van der Waals surface area contributed by atoms with Gasteiger partial charge in [0.05, 0.1) is 12.2 Å².